The number of amides is 1. The first-order chi connectivity index (χ1) is 9.31. The fraction of sp³-hybridized carbons (Fsp3) is 0.571. The molecular weight excluding hydrogens is 262 g/mol. The fourth-order valence-corrected chi connectivity index (χ4v) is 1.59. The van der Waals surface area contributed by atoms with E-state index in [0.29, 0.717) is 0 Å². The van der Waals surface area contributed by atoms with Crippen LogP contribution in [-0.2, 0) is 9.47 Å². The molecule has 0 aliphatic carbocycles. The topological polar surface area (TPSA) is 77.8 Å². The predicted octanol–water partition coefficient (Wildman–Crippen LogP) is 2.39. The molecule has 6 nitrogen and oxygen atoms in total. The third-order valence-corrected chi connectivity index (χ3v) is 2.32. The summed E-state index contributed by atoms with van der Waals surface area (Å²) in [5.41, 5.74) is -0.591. The van der Waals surface area contributed by atoms with Crippen molar-refractivity contribution < 1.29 is 23.5 Å². The molecule has 0 saturated heterocycles. The number of carbonyl (C=O) groups is 2. The van der Waals surface area contributed by atoms with Crippen LogP contribution in [0.4, 0.5) is 4.79 Å². The van der Waals surface area contributed by atoms with Crippen LogP contribution in [0.3, 0.4) is 0 Å². The van der Waals surface area contributed by atoms with Gasteiger partial charge in [0.15, 0.2) is 11.5 Å². The fourth-order valence-electron chi connectivity index (χ4n) is 1.59. The van der Waals surface area contributed by atoms with Gasteiger partial charge in [-0.15, -0.1) is 0 Å². The minimum atomic E-state index is -0.591. The molecule has 1 amide bonds. The van der Waals surface area contributed by atoms with Crippen LogP contribution in [0.15, 0.2) is 22.8 Å². The number of ketones is 1. The standard InChI is InChI=1S/C14H21NO5/c1-14(2,3)20-13(17)15-10(9-18-4)8-11(16)12-6-5-7-19-12/h5-7,10H,8-9H2,1-4H3,(H,15,17). The van der Waals surface area contributed by atoms with E-state index in [0.717, 1.165) is 0 Å². The molecule has 1 aromatic rings. The summed E-state index contributed by atoms with van der Waals surface area (Å²) in [6.45, 7) is 5.52. The van der Waals surface area contributed by atoms with Crippen molar-refractivity contribution >= 4 is 11.9 Å². The van der Waals surface area contributed by atoms with Crippen LogP contribution in [0, 0.1) is 0 Å². The number of nitrogens with one attached hydrogen (secondary N) is 1. The summed E-state index contributed by atoms with van der Waals surface area (Å²) in [5.74, 6) is 0.0604. The SMILES string of the molecule is COCC(CC(=O)c1ccco1)NC(=O)OC(C)(C)C. The molecule has 0 fully saturated rings. The van der Waals surface area contributed by atoms with Gasteiger partial charge in [-0.1, -0.05) is 0 Å². The van der Waals surface area contributed by atoms with Gasteiger partial charge in [0.1, 0.15) is 5.60 Å². The van der Waals surface area contributed by atoms with Crippen molar-refractivity contribution in [2.45, 2.75) is 38.8 Å². The Bertz CT molecular complexity index is 433. The third kappa shape index (κ3) is 5.88. The van der Waals surface area contributed by atoms with Gasteiger partial charge < -0.3 is 19.2 Å². The average molecular weight is 283 g/mol. The summed E-state index contributed by atoms with van der Waals surface area (Å²) in [7, 11) is 1.50. The summed E-state index contributed by atoms with van der Waals surface area (Å²) in [6, 6.07) is 2.76. The van der Waals surface area contributed by atoms with E-state index in [1.54, 1.807) is 32.9 Å². The summed E-state index contributed by atoms with van der Waals surface area (Å²) >= 11 is 0. The van der Waals surface area contributed by atoms with Crippen LogP contribution < -0.4 is 5.32 Å². The molecule has 1 N–H and O–H groups in total. The lowest BCUT2D eigenvalue weighted by Crippen LogP contribution is -2.42. The lowest BCUT2D eigenvalue weighted by Gasteiger charge is -2.23. The number of carbonyl (C=O) groups excluding carboxylic acids is 2. The van der Waals surface area contributed by atoms with Crippen molar-refractivity contribution in [3.63, 3.8) is 0 Å². The van der Waals surface area contributed by atoms with Gasteiger partial charge in [-0.2, -0.15) is 0 Å². The number of furan rings is 1. The van der Waals surface area contributed by atoms with Crippen molar-refractivity contribution in [1.29, 1.82) is 0 Å². The zero-order valence-corrected chi connectivity index (χ0v) is 12.3. The minimum absolute atomic E-state index is 0.0839. The van der Waals surface area contributed by atoms with Gasteiger partial charge in [0, 0.05) is 13.5 Å². The highest BCUT2D eigenvalue weighted by molar-refractivity contribution is 5.94. The van der Waals surface area contributed by atoms with Gasteiger partial charge in [0.2, 0.25) is 0 Å². The van der Waals surface area contributed by atoms with Crippen molar-refractivity contribution in [3.05, 3.63) is 24.2 Å². The van der Waals surface area contributed by atoms with E-state index in [1.165, 1.54) is 13.4 Å². The molecule has 0 aliphatic rings. The molecule has 6 heteroatoms. The van der Waals surface area contributed by atoms with E-state index in [2.05, 4.69) is 5.32 Å². The van der Waals surface area contributed by atoms with E-state index in [1.807, 2.05) is 0 Å². The summed E-state index contributed by atoms with van der Waals surface area (Å²) < 4.78 is 15.2. The number of Topliss-reactive ketones (excluding diaryl/α,β-unsaturated/α-hetero) is 1. The van der Waals surface area contributed by atoms with Gasteiger partial charge in [0.05, 0.1) is 18.9 Å². The second kappa shape index (κ2) is 7.09. The highest BCUT2D eigenvalue weighted by atomic mass is 16.6. The molecule has 0 bridgehead atoms. The van der Waals surface area contributed by atoms with Crippen molar-refractivity contribution in [2.24, 2.45) is 0 Å². The smallest absolute Gasteiger partial charge is 0.407 e. The summed E-state index contributed by atoms with van der Waals surface area (Å²) in [4.78, 5) is 23.6. The van der Waals surface area contributed by atoms with E-state index in [4.69, 9.17) is 13.9 Å². The number of rotatable bonds is 6. The molecule has 1 atom stereocenters. The highest BCUT2D eigenvalue weighted by Crippen LogP contribution is 2.09. The van der Waals surface area contributed by atoms with Crippen molar-refractivity contribution in [1.82, 2.24) is 5.32 Å². The lowest BCUT2D eigenvalue weighted by atomic mass is 10.1. The Morgan fingerprint density at radius 1 is 1.40 bits per heavy atom. The van der Waals surface area contributed by atoms with E-state index in [9.17, 15) is 9.59 Å². The molecule has 1 aromatic heterocycles. The minimum Gasteiger partial charge on any atom is -0.461 e. The van der Waals surface area contributed by atoms with Crippen LogP contribution >= 0.6 is 0 Å². The zero-order valence-electron chi connectivity index (χ0n) is 12.3. The monoisotopic (exact) mass is 283 g/mol. The van der Waals surface area contributed by atoms with Gasteiger partial charge in [-0.3, -0.25) is 4.79 Å². The van der Waals surface area contributed by atoms with Crippen LogP contribution in [0.2, 0.25) is 0 Å². The van der Waals surface area contributed by atoms with Crippen LogP contribution in [0.1, 0.15) is 37.7 Å². The van der Waals surface area contributed by atoms with Crippen LogP contribution in [0.5, 0.6) is 0 Å². The quantitative estimate of drug-likeness (QED) is 0.811. The maximum atomic E-state index is 11.9. The number of hydrogen-bond acceptors (Lipinski definition) is 5. The van der Waals surface area contributed by atoms with E-state index in [-0.39, 0.29) is 24.6 Å². The lowest BCUT2D eigenvalue weighted by molar-refractivity contribution is 0.0463. The number of ether oxygens (including phenoxy) is 2. The Labute approximate surface area is 118 Å². The second-order valence-corrected chi connectivity index (χ2v) is 5.40. The van der Waals surface area contributed by atoms with Crippen LogP contribution in [0.25, 0.3) is 0 Å². The number of hydrogen-bond donors (Lipinski definition) is 1. The van der Waals surface area contributed by atoms with Gasteiger partial charge >= 0.3 is 6.09 Å². The molecule has 0 aliphatic heterocycles. The first-order valence-electron chi connectivity index (χ1n) is 6.37. The van der Waals surface area contributed by atoms with Crippen molar-refractivity contribution in [3.8, 4) is 0 Å². The van der Waals surface area contributed by atoms with E-state index < -0.39 is 17.7 Å². The van der Waals surface area contributed by atoms with Crippen LogP contribution in [-0.4, -0.2) is 37.2 Å². The Morgan fingerprint density at radius 2 is 2.10 bits per heavy atom. The van der Waals surface area contributed by atoms with Crippen molar-refractivity contribution in [2.75, 3.05) is 13.7 Å². The molecule has 0 saturated carbocycles. The molecule has 20 heavy (non-hydrogen) atoms. The maximum Gasteiger partial charge on any atom is 0.407 e. The highest BCUT2D eigenvalue weighted by Gasteiger charge is 2.22. The molecule has 112 valence electrons. The predicted molar refractivity (Wildman–Crippen MR) is 72.7 cm³/mol. The average Bonchev–Trinajstić information content (AvgIpc) is 2.79. The second-order valence-electron chi connectivity index (χ2n) is 5.40. The Morgan fingerprint density at radius 3 is 2.60 bits per heavy atom. The molecule has 0 radical (unpaired) electrons. The maximum absolute atomic E-state index is 11.9. The Hall–Kier alpha value is -1.82. The molecule has 1 heterocycles. The number of alkyl carbamates (subject to hydrolysis) is 1. The zero-order chi connectivity index (χ0) is 15.2. The number of methoxy groups -OCH3 is 1. The first-order valence-corrected chi connectivity index (χ1v) is 6.37. The van der Waals surface area contributed by atoms with Gasteiger partial charge in [0.25, 0.3) is 0 Å². The Kier molecular flexibility index (Phi) is 5.76. The third-order valence-electron chi connectivity index (χ3n) is 2.32. The summed E-state index contributed by atoms with van der Waals surface area (Å²) in [6.07, 6.45) is 0.937. The molecule has 1 rings (SSSR count). The largest absolute Gasteiger partial charge is 0.461 e. The van der Waals surface area contributed by atoms with Gasteiger partial charge in [-0.05, 0) is 32.9 Å². The van der Waals surface area contributed by atoms with E-state index >= 15 is 0 Å². The first kappa shape index (κ1) is 16.2. The molecule has 0 aromatic carbocycles. The van der Waals surface area contributed by atoms with Gasteiger partial charge in [-0.25, -0.2) is 4.79 Å². The molecular formula is C14H21NO5. The molecule has 1 unspecified atom stereocenters. The molecule has 0 spiro atoms. The summed E-state index contributed by atoms with van der Waals surface area (Å²) in [5, 5.41) is 2.62. The Balaban J connectivity index is 2.56. The normalized spacial score (nSPS) is 12.8.